The predicted octanol–water partition coefficient (Wildman–Crippen LogP) is 0.618. The number of aromatic nitrogens is 2. The standard InChI is InChI=1S/C15H16FN2O7P/c16-12-13(20)10(8-23-26(22)25-9-4-2-1-3-5-9)24-14(12)18-7-6-11(19)17-15(18)21/h1-7,10,12-14,20,26H,8H2,(H,17,19,21)/t10?,12-,13-,14?/m1/s1. The van der Waals surface area contributed by atoms with Crippen LogP contribution in [0.4, 0.5) is 4.39 Å². The van der Waals surface area contributed by atoms with Crippen molar-refractivity contribution >= 4 is 8.25 Å². The number of alkyl halides is 1. The highest BCUT2D eigenvalue weighted by molar-refractivity contribution is 7.33. The number of hydrogen-bond donors (Lipinski definition) is 2. The molecule has 0 amide bonds. The van der Waals surface area contributed by atoms with Crippen LogP contribution in [0.2, 0.25) is 0 Å². The van der Waals surface area contributed by atoms with E-state index >= 15 is 0 Å². The van der Waals surface area contributed by atoms with E-state index in [-0.39, 0.29) is 0 Å². The van der Waals surface area contributed by atoms with Crippen molar-refractivity contribution in [3.63, 3.8) is 0 Å². The summed E-state index contributed by atoms with van der Waals surface area (Å²) in [7, 11) is -2.94. The van der Waals surface area contributed by atoms with Crippen LogP contribution in [-0.4, -0.2) is 39.6 Å². The number of H-pyrrole nitrogens is 1. The number of para-hydroxylation sites is 1. The zero-order chi connectivity index (χ0) is 18.7. The van der Waals surface area contributed by atoms with E-state index in [1.165, 1.54) is 0 Å². The molecule has 2 aromatic rings. The third-order valence-electron chi connectivity index (χ3n) is 3.73. The van der Waals surface area contributed by atoms with E-state index in [2.05, 4.69) is 0 Å². The van der Waals surface area contributed by atoms with Crippen molar-refractivity contribution < 1.29 is 27.8 Å². The normalized spacial score (nSPS) is 26.5. The molecule has 2 heterocycles. The minimum Gasteiger partial charge on any atom is -0.426 e. The van der Waals surface area contributed by atoms with Crippen molar-refractivity contribution in [2.45, 2.75) is 24.6 Å². The summed E-state index contributed by atoms with van der Waals surface area (Å²) < 4.78 is 42.3. The summed E-state index contributed by atoms with van der Waals surface area (Å²) in [6.45, 7) is -0.402. The SMILES string of the molecule is O=c1ccn(C2OC(CO[PH](=O)Oc3ccccc3)[C@@H](O)[C@H]2F)c(=O)[nH]1. The molecule has 1 aromatic heterocycles. The summed E-state index contributed by atoms with van der Waals surface area (Å²) in [4.78, 5) is 24.8. The molecule has 1 fully saturated rings. The molecule has 3 rings (SSSR count). The van der Waals surface area contributed by atoms with Gasteiger partial charge >= 0.3 is 13.9 Å². The van der Waals surface area contributed by atoms with Crippen molar-refractivity contribution in [3.05, 3.63) is 63.4 Å². The molecule has 1 aliphatic heterocycles. The molecule has 1 aliphatic rings. The van der Waals surface area contributed by atoms with Crippen LogP contribution in [-0.2, 0) is 13.8 Å². The van der Waals surface area contributed by atoms with E-state index in [0.717, 1.165) is 16.8 Å². The molecule has 5 atom stereocenters. The number of nitrogens with one attached hydrogen (secondary N) is 1. The fraction of sp³-hybridized carbons (Fsp3) is 0.333. The molecule has 0 bridgehead atoms. The fourth-order valence-corrected chi connectivity index (χ4v) is 3.15. The first-order valence-electron chi connectivity index (χ1n) is 7.64. The zero-order valence-corrected chi connectivity index (χ0v) is 14.3. The Balaban J connectivity index is 1.62. The highest BCUT2D eigenvalue weighted by Crippen LogP contribution is 2.34. The number of nitrogens with zero attached hydrogens (tertiary/aromatic N) is 1. The lowest BCUT2D eigenvalue weighted by Gasteiger charge is -2.15. The number of ether oxygens (including phenoxy) is 1. The minimum atomic E-state index is -2.94. The van der Waals surface area contributed by atoms with Crippen LogP contribution in [0.15, 0.2) is 52.2 Å². The van der Waals surface area contributed by atoms with Crippen molar-refractivity contribution in [2.24, 2.45) is 0 Å². The Morgan fingerprint density at radius 3 is 2.69 bits per heavy atom. The molecule has 2 N–H and O–H groups in total. The van der Waals surface area contributed by atoms with Crippen LogP contribution in [0, 0.1) is 0 Å². The molecule has 0 aliphatic carbocycles. The fourth-order valence-electron chi connectivity index (χ4n) is 2.46. The van der Waals surface area contributed by atoms with Gasteiger partial charge in [-0.25, -0.2) is 13.8 Å². The average molecular weight is 386 g/mol. The van der Waals surface area contributed by atoms with Crippen LogP contribution in [0.5, 0.6) is 5.75 Å². The zero-order valence-electron chi connectivity index (χ0n) is 13.3. The highest BCUT2D eigenvalue weighted by Gasteiger charge is 2.45. The van der Waals surface area contributed by atoms with Crippen molar-refractivity contribution in [1.29, 1.82) is 0 Å². The van der Waals surface area contributed by atoms with Gasteiger partial charge in [-0.2, -0.15) is 0 Å². The largest absolute Gasteiger partial charge is 0.426 e. The highest BCUT2D eigenvalue weighted by atomic mass is 31.1. The van der Waals surface area contributed by atoms with Gasteiger partial charge in [0.25, 0.3) is 5.56 Å². The molecular weight excluding hydrogens is 370 g/mol. The summed E-state index contributed by atoms with van der Waals surface area (Å²) in [5.74, 6) is 0.338. The molecule has 0 radical (unpaired) electrons. The number of halogens is 1. The summed E-state index contributed by atoms with van der Waals surface area (Å²) in [5, 5.41) is 9.94. The van der Waals surface area contributed by atoms with Crippen LogP contribution in [0.1, 0.15) is 6.23 Å². The van der Waals surface area contributed by atoms with Crippen molar-refractivity contribution in [3.8, 4) is 5.75 Å². The average Bonchev–Trinajstić information content (AvgIpc) is 2.89. The third-order valence-corrected chi connectivity index (χ3v) is 4.53. The maximum atomic E-state index is 14.3. The van der Waals surface area contributed by atoms with Crippen LogP contribution < -0.4 is 15.8 Å². The molecule has 3 unspecified atom stereocenters. The van der Waals surface area contributed by atoms with Gasteiger partial charge in [0, 0.05) is 12.3 Å². The maximum Gasteiger partial charge on any atom is 0.367 e. The number of aromatic amines is 1. The Bertz CT molecular complexity index is 887. The maximum absolute atomic E-state index is 14.3. The first-order valence-corrected chi connectivity index (χ1v) is 8.87. The minimum absolute atomic E-state index is 0.338. The van der Waals surface area contributed by atoms with E-state index in [0.29, 0.717) is 5.75 Å². The number of aliphatic hydroxyl groups is 1. The molecule has 26 heavy (non-hydrogen) atoms. The van der Waals surface area contributed by atoms with E-state index in [4.69, 9.17) is 13.8 Å². The third kappa shape index (κ3) is 4.10. The predicted molar refractivity (Wildman–Crippen MR) is 88.2 cm³/mol. The molecule has 1 saturated heterocycles. The van der Waals surface area contributed by atoms with E-state index in [1.54, 1.807) is 30.3 Å². The number of rotatable bonds is 6. The van der Waals surface area contributed by atoms with Gasteiger partial charge in [0.1, 0.15) is 18.0 Å². The van der Waals surface area contributed by atoms with Gasteiger partial charge in [-0.1, -0.05) is 18.2 Å². The summed E-state index contributed by atoms with van der Waals surface area (Å²) in [5.41, 5.74) is -1.52. The van der Waals surface area contributed by atoms with E-state index in [9.17, 15) is 23.7 Å². The second-order valence-electron chi connectivity index (χ2n) is 5.49. The topological polar surface area (TPSA) is 120 Å². The van der Waals surface area contributed by atoms with Gasteiger partial charge in [-0.15, -0.1) is 0 Å². The number of aliphatic hydroxyl groups excluding tert-OH is 1. The van der Waals surface area contributed by atoms with Crippen LogP contribution >= 0.6 is 8.25 Å². The first-order chi connectivity index (χ1) is 12.5. The summed E-state index contributed by atoms with van der Waals surface area (Å²) in [6, 6.07) is 9.34. The second-order valence-corrected chi connectivity index (χ2v) is 6.49. The van der Waals surface area contributed by atoms with Crippen LogP contribution in [0.25, 0.3) is 0 Å². The van der Waals surface area contributed by atoms with Gasteiger partial charge in [0.05, 0.1) is 6.61 Å². The Morgan fingerprint density at radius 1 is 1.27 bits per heavy atom. The van der Waals surface area contributed by atoms with Gasteiger partial charge in [-0.3, -0.25) is 18.9 Å². The Morgan fingerprint density at radius 2 is 2.00 bits per heavy atom. The second kappa shape index (κ2) is 7.96. The molecular formula is C15H16FN2O7P. The quantitative estimate of drug-likeness (QED) is 0.699. The molecule has 9 nitrogen and oxygen atoms in total. The Kier molecular flexibility index (Phi) is 5.67. The van der Waals surface area contributed by atoms with Gasteiger partial charge in [0.2, 0.25) is 0 Å². The monoisotopic (exact) mass is 386 g/mol. The summed E-state index contributed by atoms with van der Waals surface area (Å²) >= 11 is 0. The molecule has 0 saturated carbocycles. The lowest BCUT2D eigenvalue weighted by atomic mass is 10.1. The van der Waals surface area contributed by atoms with Crippen molar-refractivity contribution in [2.75, 3.05) is 6.61 Å². The van der Waals surface area contributed by atoms with Crippen LogP contribution in [0.3, 0.4) is 0 Å². The van der Waals surface area contributed by atoms with Gasteiger partial charge in [0.15, 0.2) is 12.4 Å². The van der Waals surface area contributed by atoms with E-state index in [1.807, 2.05) is 4.98 Å². The number of benzene rings is 1. The first kappa shape index (κ1) is 18.5. The smallest absolute Gasteiger partial charge is 0.367 e. The van der Waals surface area contributed by atoms with Gasteiger partial charge in [-0.05, 0) is 12.1 Å². The number of hydrogen-bond acceptors (Lipinski definition) is 7. The van der Waals surface area contributed by atoms with E-state index < -0.39 is 50.7 Å². The summed E-state index contributed by atoms with van der Waals surface area (Å²) in [6.07, 6.45) is -5.09. The Hall–Kier alpha value is -2.26. The lowest BCUT2D eigenvalue weighted by Crippen LogP contribution is -2.35. The Labute approximate surface area is 146 Å². The molecule has 1 aromatic carbocycles. The molecule has 0 spiro atoms. The van der Waals surface area contributed by atoms with Gasteiger partial charge < -0.3 is 14.4 Å². The molecule has 140 valence electrons. The lowest BCUT2D eigenvalue weighted by molar-refractivity contribution is -0.0447. The van der Waals surface area contributed by atoms with Crippen molar-refractivity contribution in [1.82, 2.24) is 9.55 Å². The molecule has 11 heteroatoms.